The average Bonchev–Trinajstić information content (AvgIpc) is 2.80. The second-order valence-corrected chi connectivity index (χ2v) is 7.98. The molecule has 1 N–H and O–H groups in total. The predicted octanol–water partition coefficient (Wildman–Crippen LogP) is 4.06. The van der Waals surface area contributed by atoms with Crippen molar-refractivity contribution >= 4 is 17.5 Å². The molecule has 1 saturated heterocycles. The molecule has 1 atom stereocenters. The van der Waals surface area contributed by atoms with Gasteiger partial charge in [-0.25, -0.2) is 0 Å². The van der Waals surface area contributed by atoms with E-state index in [-0.39, 0.29) is 23.8 Å². The number of hydrogen-bond donors (Lipinski definition) is 1. The minimum atomic E-state index is -0.104. The predicted molar refractivity (Wildman–Crippen MR) is 122 cm³/mol. The maximum absolute atomic E-state index is 12.9. The molecular formula is C25H33N3O2. The molecule has 160 valence electrons. The second-order valence-electron chi connectivity index (χ2n) is 7.98. The van der Waals surface area contributed by atoms with Crippen LogP contribution in [0.3, 0.4) is 0 Å². The molecule has 0 aromatic heterocycles. The first-order valence-corrected chi connectivity index (χ1v) is 11.0. The molecule has 0 saturated carbocycles. The molecule has 30 heavy (non-hydrogen) atoms. The van der Waals surface area contributed by atoms with Crippen LogP contribution in [0, 0.1) is 0 Å². The van der Waals surface area contributed by atoms with E-state index in [1.807, 2.05) is 68.6 Å². The summed E-state index contributed by atoms with van der Waals surface area (Å²) in [4.78, 5) is 29.6. The average molecular weight is 408 g/mol. The lowest BCUT2D eigenvalue weighted by Gasteiger charge is -2.35. The van der Waals surface area contributed by atoms with Crippen LogP contribution in [0.5, 0.6) is 0 Å². The number of para-hydroxylation sites is 1. The summed E-state index contributed by atoms with van der Waals surface area (Å²) in [5.41, 5.74) is 2.81. The number of amides is 2. The van der Waals surface area contributed by atoms with Crippen LogP contribution in [0.25, 0.3) is 0 Å². The van der Waals surface area contributed by atoms with E-state index in [0.29, 0.717) is 6.54 Å². The largest absolute Gasteiger partial charge is 0.371 e. The van der Waals surface area contributed by atoms with Crippen LogP contribution >= 0.6 is 0 Å². The van der Waals surface area contributed by atoms with Crippen LogP contribution in [0.1, 0.15) is 54.9 Å². The second kappa shape index (κ2) is 10.3. The van der Waals surface area contributed by atoms with Crippen LogP contribution in [-0.4, -0.2) is 49.4 Å². The van der Waals surface area contributed by atoms with Crippen molar-refractivity contribution in [3.63, 3.8) is 0 Å². The number of nitrogens with one attached hydrogen (secondary N) is 1. The van der Waals surface area contributed by atoms with E-state index in [0.717, 1.165) is 49.2 Å². The Hall–Kier alpha value is -2.82. The lowest BCUT2D eigenvalue weighted by Crippen LogP contribution is -2.46. The van der Waals surface area contributed by atoms with Gasteiger partial charge in [0.1, 0.15) is 0 Å². The zero-order chi connectivity index (χ0) is 21.5. The molecule has 1 aliphatic heterocycles. The summed E-state index contributed by atoms with van der Waals surface area (Å²) in [6.45, 7) is 6.37. The first-order chi connectivity index (χ1) is 14.5. The van der Waals surface area contributed by atoms with Gasteiger partial charge in [-0.2, -0.15) is 0 Å². The van der Waals surface area contributed by atoms with Gasteiger partial charge in [0.15, 0.2) is 0 Å². The third-order valence-corrected chi connectivity index (χ3v) is 6.06. The van der Waals surface area contributed by atoms with Crippen LogP contribution in [0.15, 0.2) is 54.6 Å². The fourth-order valence-electron chi connectivity index (χ4n) is 4.10. The summed E-state index contributed by atoms with van der Waals surface area (Å²) in [5.74, 6) is 0.0617. The topological polar surface area (TPSA) is 52.7 Å². The van der Waals surface area contributed by atoms with Gasteiger partial charge in [-0.3, -0.25) is 9.59 Å². The van der Waals surface area contributed by atoms with E-state index in [2.05, 4.69) is 17.1 Å². The van der Waals surface area contributed by atoms with Gasteiger partial charge in [0.05, 0.1) is 11.5 Å². The highest BCUT2D eigenvalue weighted by atomic mass is 16.2. The molecular weight excluding hydrogens is 374 g/mol. The third-order valence-electron chi connectivity index (χ3n) is 6.06. The highest BCUT2D eigenvalue weighted by Crippen LogP contribution is 2.26. The number of benzene rings is 2. The lowest BCUT2D eigenvalue weighted by molar-refractivity contribution is -0.123. The van der Waals surface area contributed by atoms with Crippen LogP contribution < -0.4 is 10.2 Å². The van der Waals surface area contributed by atoms with Crippen molar-refractivity contribution in [1.29, 1.82) is 0 Å². The molecule has 5 heteroatoms. The van der Waals surface area contributed by atoms with E-state index in [9.17, 15) is 9.59 Å². The van der Waals surface area contributed by atoms with Gasteiger partial charge in [-0.1, -0.05) is 49.4 Å². The molecule has 2 aromatic rings. The number of carbonyl (C=O) groups excluding carboxylic acids is 2. The van der Waals surface area contributed by atoms with Crippen molar-refractivity contribution < 1.29 is 9.59 Å². The maximum Gasteiger partial charge on any atom is 0.255 e. The summed E-state index contributed by atoms with van der Waals surface area (Å²) < 4.78 is 0. The van der Waals surface area contributed by atoms with Crippen molar-refractivity contribution in [2.24, 2.45) is 0 Å². The third kappa shape index (κ3) is 5.02. The molecule has 0 aliphatic carbocycles. The summed E-state index contributed by atoms with van der Waals surface area (Å²) in [6, 6.07) is 18.0. The molecule has 1 heterocycles. The van der Waals surface area contributed by atoms with Crippen molar-refractivity contribution in [2.45, 2.75) is 45.1 Å². The molecule has 0 spiro atoms. The molecule has 0 radical (unpaired) electrons. The van der Waals surface area contributed by atoms with Crippen molar-refractivity contribution in [3.05, 3.63) is 65.7 Å². The molecule has 5 nitrogen and oxygen atoms in total. The van der Waals surface area contributed by atoms with Gasteiger partial charge in [0, 0.05) is 38.4 Å². The molecule has 2 aromatic carbocycles. The van der Waals surface area contributed by atoms with E-state index >= 15 is 0 Å². The minimum absolute atomic E-state index is 0.0529. The highest BCUT2D eigenvalue weighted by molar-refractivity contribution is 5.99. The monoisotopic (exact) mass is 407 g/mol. The number of hydrogen-bond acceptors (Lipinski definition) is 3. The Kier molecular flexibility index (Phi) is 7.50. The number of carbonyl (C=O) groups is 2. The molecule has 1 aliphatic rings. The van der Waals surface area contributed by atoms with Crippen LogP contribution in [-0.2, 0) is 4.79 Å². The number of rotatable bonds is 7. The van der Waals surface area contributed by atoms with Crippen molar-refractivity contribution in [1.82, 2.24) is 10.2 Å². The SMILES string of the molecule is CC[C@H](C(=O)NC1CCN(c2ccccc2C(=O)N(C)CC)CC1)c1ccccc1. The quantitative estimate of drug-likeness (QED) is 0.753. The van der Waals surface area contributed by atoms with Gasteiger partial charge in [0.25, 0.3) is 5.91 Å². The van der Waals surface area contributed by atoms with Crippen LogP contribution in [0.4, 0.5) is 5.69 Å². The van der Waals surface area contributed by atoms with Crippen LogP contribution in [0.2, 0.25) is 0 Å². The van der Waals surface area contributed by atoms with Gasteiger partial charge >= 0.3 is 0 Å². The molecule has 1 fully saturated rings. The maximum atomic E-state index is 12.9. The van der Waals surface area contributed by atoms with Crippen molar-refractivity contribution in [3.8, 4) is 0 Å². The van der Waals surface area contributed by atoms with Crippen molar-refractivity contribution in [2.75, 3.05) is 31.6 Å². The van der Waals surface area contributed by atoms with E-state index < -0.39 is 0 Å². The molecule has 3 rings (SSSR count). The summed E-state index contributed by atoms with van der Waals surface area (Å²) >= 11 is 0. The zero-order valence-corrected chi connectivity index (χ0v) is 18.3. The molecule has 0 unspecified atom stereocenters. The summed E-state index contributed by atoms with van der Waals surface area (Å²) in [5, 5.41) is 3.26. The van der Waals surface area contributed by atoms with Gasteiger partial charge in [0.2, 0.25) is 5.91 Å². The summed E-state index contributed by atoms with van der Waals surface area (Å²) in [6.07, 6.45) is 2.54. The first-order valence-electron chi connectivity index (χ1n) is 11.0. The van der Waals surface area contributed by atoms with Gasteiger partial charge in [-0.05, 0) is 43.9 Å². The Morgan fingerprint density at radius 3 is 2.30 bits per heavy atom. The Balaban J connectivity index is 1.62. The highest BCUT2D eigenvalue weighted by Gasteiger charge is 2.26. The van der Waals surface area contributed by atoms with E-state index in [4.69, 9.17) is 0 Å². The van der Waals surface area contributed by atoms with E-state index in [1.54, 1.807) is 4.90 Å². The standard InChI is InChI=1S/C25H33N3O2/c1-4-21(19-11-7-6-8-12-19)24(29)26-20-15-17-28(18-16-20)23-14-10-9-13-22(23)25(30)27(3)5-2/h6-14,20-21H,4-5,15-18H2,1-3H3,(H,26,29)/t21-/m0/s1. The lowest BCUT2D eigenvalue weighted by atomic mass is 9.94. The van der Waals surface area contributed by atoms with Gasteiger partial charge < -0.3 is 15.1 Å². The Bertz CT molecular complexity index is 844. The number of piperidine rings is 1. The summed E-state index contributed by atoms with van der Waals surface area (Å²) in [7, 11) is 1.83. The zero-order valence-electron chi connectivity index (χ0n) is 18.3. The van der Waals surface area contributed by atoms with Gasteiger partial charge in [-0.15, -0.1) is 0 Å². The Labute approximate surface area is 180 Å². The fraction of sp³-hybridized carbons (Fsp3) is 0.440. The first kappa shape index (κ1) is 21.9. The minimum Gasteiger partial charge on any atom is -0.371 e. The molecule has 0 bridgehead atoms. The Morgan fingerprint density at radius 1 is 1.03 bits per heavy atom. The normalized spacial score (nSPS) is 15.5. The number of nitrogens with zero attached hydrogens (tertiary/aromatic N) is 2. The number of anilines is 1. The molecule has 2 amide bonds. The fourth-order valence-corrected chi connectivity index (χ4v) is 4.10. The van der Waals surface area contributed by atoms with E-state index in [1.165, 1.54) is 0 Å². The smallest absolute Gasteiger partial charge is 0.255 e. The Morgan fingerprint density at radius 2 is 1.67 bits per heavy atom.